The number of nitriles is 1. The molecule has 0 N–H and O–H groups in total. The highest BCUT2D eigenvalue weighted by molar-refractivity contribution is 6.04. The van der Waals surface area contributed by atoms with Gasteiger partial charge in [-0.1, -0.05) is 32.0 Å². The van der Waals surface area contributed by atoms with Gasteiger partial charge in [0.05, 0.1) is 0 Å². The van der Waals surface area contributed by atoms with Crippen molar-refractivity contribution in [3.05, 3.63) is 29.8 Å². The zero-order valence-electron chi connectivity index (χ0n) is 9.19. The second kappa shape index (κ2) is 4.61. The molecule has 1 rings (SSSR count). The van der Waals surface area contributed by atoms with Crippen LogP contribution in [0.4, 0.5) is 5.69 Å². The highest BCUT2D eigenvalue weighted by Gasteiger charge is 2.14. The zero-order valence-corrected chi connectivity index (χ0v) is 9.19. The fraction of sp³-hybridized carbons (Fsp3) is 0.333. The number of hydrogen-bond acceptors (Lipinski definition) is 2. The van der Waals surface area contributed by atoms with Gasteiger partial charge in [-0.05, 0) is 17.5 Å². The van der Waals surface area contributed by atoms with E-state index in [0.29, 0.717) is 5.92 Å². The first kappa shape index (κ1) is 11.3. The van der Waals surface area contributed by atoms with Crippen molar-refractivity contribution in [2.75, 3.05) is 11.9 Å². The van der Waals surface area contributed by atoms with Gasteiger partial charge in [0.2, 0.25) is 0 Å². The van der Waals surface area contributed by atoms with E-state index < -0.39 is 5.91 Å². The van der Waals surface area contributed by atoms with Crippen LogP contribution in [0.25, 0.3) is 0 Å². The predicted molar refractivity (Wildman–Crippen MR) is 59.6 cm³/mol. The van der Waals surface area contributed by atoms with Crippen LogP contribution in [0.1, 0.15) is 25.3 Å². The van der Waals surface area contributed by atoms with Gasteiger partial charge in [0.15, 0.2) is 6.07 Å². The number of amides is 1. The Morgan fingerprint density at radius 3 is 2.53 bits per heavy atom. The lowest BCUT2D eigenvalue weighted by atomic mass is 10.0. The van der Waals surface area contributed by atoms with Crippen LogP contribution in [0.15, 0.2) is 24.3 Å². The maximum Gasteiger partial charge on any atom is 0.329 e. The summed E-state index contributed by atoms with van der Waals surface area (Å²) >= 11 is 0. The summed E-state index contributed by atoms with van der Waals surface area (Å²) in [7, 11) is 1.62. The first-order chi connectivity index (χ1) is 7.07. The Labute approximate surface area is 89.9 Å². The Morgan fingerprint density at radius 2 is 2.00 bits per heavy atom. The molecule has 0 aromatic heterocycles. The molecule has 1 aromatic rings. The molecule has 0 radical (unpaired) electrons. The lowest BCUT2D eigenvalue weighted by Gasteiger charge is -2.19. The molecule has 3 nitrogen and oxygen atoms in total. The van der Waals surface area contributed by atoms with E-state index in [1.165, 1.54) is 4.90 Å². The van der Waals surface area contributed by atoms with Crippen molar-refractivity contribution in [3.8, 4) is 6.07 Å². The van der Waals surface area contributed by atoms with Gasteiger partial charge in [-0.25, -0.2) is 0 Å². The first-order valence-electron chi connectivity index (χ1n) is 4.84. The number of benzene rings is 1. The van der Waals surface area contributed by atoms with Crippen LogP contribution >= 0.6 is 0 Å². The van der Waals surface area contributed by atoms with Gasteiger partial charge in [-0.3, -0.25) is 4.79 Å². The van der Waals surface area contributed by atoms with E-state index in [4.69, 9.17) is 5.26 Å². The summed E-state index contributed by atoms with van der Waals surface area (Å²) in [4.78, 5) is 12.6. The average molecular weight is 202 g/mol. The molecule has 1 amide bonds. The molecule has 0 aliphatic carbocycles. The number of rotatable bonds is 2. The number of para-hydroxylation sites is 1. The van der Waals surface area contributed by atoms with Crippen LogP contribution in [0.3, 0.4) is 0 Å². The predicted octanol–water partition coefficient (Wildman–Crippen LogP) is 2.30. The summed E-state index contributed by atoms with van der Waals surface area (Å²) in [5.74, 6) is -0.210. The third-order valence-electron chi connectivity index (χ3n) is 2.32. The van der Waals surface area contributed by atoms with E-state index >= 15 is 0 Å². The molecule has 0 fully saturated rings. The number of nitrogens with zero attached hydrogens (tertiary/aromatic N) is 2. The first-order valence-corrected chi connectivity index (χ1v) is 4.84. The maximum atomic E-state index is 11.3. The third kappa shape index (κ3) is 2.35. The second-order valence-electron chi connectivity index (χ2n) is 3.69. The van der Waals surface area contributed by atoms with E-state index in [9.17, 15) is 4.79 Å². The SMILES string of the molecule is CC(C)c1ccccc1N(C)C(=O)C#N. The molecule has 0 atom stereocenters. The van der Waals surface area contributed by atoms with Crippen LogP contribution < -0.4 is 4.90 Å². The van der Waals surface area contributed by atoms with Crippen LogP contribution in [0, 0.1) is 11.3 Å². The molecule has 0 saturated heterocycles. The van der Waals surface area contributed by atoms with Gasteiger partial charge in [-0.15, -0.1) is 0 Å². The molecule has 78 valence electrons. The van der Waals surface area contributed by atoms with Gasteiger partial charge >= 0.3 is 5.91 Å². The second-order valence-corrected chi connectivity index (χ2v) is 3.69. The molecule has 0 aliphatic heterocycles. The normalized spacial score (nSPS) is 9.80. The topological polar surface area (TPSA) is 44.1 Å². The molecule has 0 bridgehead atoms. The number of carbonyl (C=O) groups is 1. The van der Waals surface area contributed by atoms with Crippen LogP contribution in [0.2, 0.25) is 0 Å². The molecule has 0 aliphatic rings. The van der Waals surface area contributed by atoms with E-state index in [0.717, 1.165) is 11.3 Å². The molecular formula is C12H14N2O. The Kier molecular flexibility index (Phi) is 3.46. The van der Waals surface area contributed by atoms with E-state index in [1.807, 2.05) is 24.3 Å². The molecule has 1 aromatic carbocycles. The smallest absolute Gasteiger partial charge is 0.303 e. The zero-order chi connectivity index (χ0) is 11.4. The third-order valence-corrected chi connectivity index (χ3v) is 2.32. The Bertz CT molecular complexity index is 404. The molecule has 15 heavy (non-hydrogen) atoms. The van der Waals surface area contributed by atoms with E-state index in [1.54, 1.807) is 13.1 Å². The van der Waals surface area contributed by atoms with Crippen molar-refractivity contribution >= 4 is 11.6 Å². The summed E-state index contributed by atoms with van der Waals surface area (Å²) in [5, 5.41) is 8.55. The van der Waals surface area contributed by atoms with Gasteiger partial charge in [0.25, 0.3) is 0 Å². The summed E-state index contributed by atoms with van der Waals surface area (Å²) in [5.41, 5.74) is 1.88. The number of hydrogen-bond donors (Lipinski definition) is 0. The lowest BCUT2D eigenvalue weighted by molar-refractivity contribution is -0.113. The maximum absolute atomic E-state index is 11.3. The summed E-state index contributed by atoms with van der Waals surface area (Å²) in [6.45, 7) is 4.12. The molecule has 0 heterocycles. The summed E-state index contributed by atoms with van der Waals surface area (Å²) in [6, 6.07) is 9.24. The molecule has 0 unspecified atom stereocenters. The van der Waals surface area contributed by atoms with Crippen molar-refractivity contribution < 1.29 is 4.79 Å². The minimum absolute atomic E-state index is 0.329. The number of carbonyl (C=O) groups excluding carboxylic acids is 1. The van der Waals surface area contributed by atoms with Gasteiger partial charge in [0, 0.05) is 12.7 Å². The van der Waals surface area contributed by atoms with Gasteiger partial charge < -0.3 is 4.90 Å². The Balaban J connectivity index is 3.14. The van der Waals surface area contributed by atoms with Crippen LogP contribution in [0.5, 0.6) is 0 Å². The number of anilines is 1. The molecule has 3 heteroatoms. The van der Waals surface area contributed by atoms with Crippen molar-refractivity contribution in [2.45, 2.75) is 19.8 Å². The Hall–Kier alpha value is -1.82. The molecular weight excluding hydrogens is 188 g/mol. The van der Waals surface area contributed by atoms with Crippen LogP contribution in [-0.2, 0) is 4.79 Å². The lowest BCUT2D eigenvalue weighted by Crippen LogP contribution is -2.25. The highest BCUT2D eigenvalue weighted by atomic mass is 16.2. The van der Waals surface area contributed by atoms with E-state index in [-0.39, 0.29) is 0 Å². The monoisotopic (exact) mass is 202 g/mol. The molecule has 0 spiro atoms. The van der Waals surface area contributed by atoms with E-state index in [2.05, 4.69) is 13.8 Å². The fourth-order valence-corrected chi connectivity index (χ4v) is 1.47. The quantitative estimate of drug-likeness (QED) is 0.691. The van der Waals surface area contributed by atoms with Crippen molar-refractivity contribution in [3.63, 3.8) is 0 Å². The minimum atomic E-state index is -0.539. The van der Waals surface area contributed by atoms with Crippen molar-refractivity contribution in [1.29, 1.82) is 5.26 Å². The van der Waals surface area contributed by atoms with Gasteiger partial charge in [-0.2, -0.15) is 5.26 Å². The molecule has 0 saturated carbocycles. The minimum Gasteiger partial charge on any atom is -0.303 e. The standard InChI is InChI=1S/C12H14N2O/c1-9(2)10-6-4-5-7-11(10)14(3)12(15)8-13/h4-7,9H,1-3H3. The van der Waals surface area contributed by atoms with Crippen LogP contribution in [-0.4, -0.2) is 13.0 Å². The largest absolute Gasteiger partial charge is 0.329 e. The summed E-state index contributed by atoms with van der Waals surface area (Å²) < 4.78 is 0. The van der Waals surface area contributed by atoms with Crippen molar-refractivity contribution in [1.82, 2.24) is 0 Å². The highest BCUT2D eigenvalue weighted by Crippen LogP contribution is 2.26. The Morgan fingerprint density at radius 1 is 1.40 bits per heavy atom. The summed E-state index contributed by atoms with van der Waals surface area (Å²) in [6.07, 6.45) is 0. The van der Waals surface area contributed by atoms with Crippen molar-refractivity contribution in [2.24, 2.45) is 0 Å². The fourth-order valence-electron chi connectivity index (χ4n) is 1.47. The average Bonchev–Trinajstić information content (AvgIpc) is 2.27. The van der Waals surface area contributed by atoms with Gasteiger partial charge in [0.1, 0.15) is 0 Å².